The van der Waals surface area contributed by atoms with E-state index in [-0.39, 0.29) is 11.2 Å². The van der Waals surface area contributed by atoms with E-state index < -0.39 is 4.92 Å². The standard InChI is InChI=1S/C12H19N3O3/c1-4-12(13,5-2)8-18-11-9(3)6-10(7-14-11)15(16)17/h6-7H,4-5,8,13H2,1-3H3. The lowest BCUT2D eigenvalue weighted by Crippen LogP contribution is -2.44. The summed E-state index contributed by atoms with van der Waals surface area (Å²) >= 11 is 0. The number of hydrogen-bond acceptors (Lipinski definition) is 5. The normalized spacial score (nSPS) is 11.3. The Morgan fingerprint density at radius 1 is 1.50 bits per heavy atom. The van der Waals surface area contributed by atoms with Gasteiger partial charge in [-0.1, -0.05) is 13.8 Å². The Balaban J connectivity index is 2.77. The molecule has 0 saturated heterocycles. The molecule has 0 amide bonds. The largest absolute Gasteiger partial charge is 0.476 e. The molecule has 1 heterocycles. The van der Waals surface area contributed by atoms with Crippen LogP contribution in [0, 0.1) is 17.0 Å². The summed E-state index contributed by atoms with van der Waals surface area (Å²) in [6.45, 7) is 6.09. The van der Waals surface area contributed by atoms with E-state index in [0.717, 1.165) is 12.8 Å². The number of pyridine rings is 1. The Labute approximate surface area is 106 Å². The predicted molar refractivity (Wildman–Crippen MR) is 68.6 cm³/mol. The third-order valence-corrected chi connectivity index (χ3v) is 3.13. The maximum Gasteiger partial charge on any atom is 0.288 e. The minimum atomic E-state index is -0.477. The molecule has 100 valence electrons. The molecule has 0 aliphatic heterocycles. The summed E-state index contributed by atoms with van der Waals surface area (Å²) in [4.78, 5) is 14.1. The number of aryl methyl sites for hydroxylation is 1. The van der Waals surface area contributed by atoms with Crippen LogP contribution >= 0.6 is 0 Å². The summed E-state index contributed by atoms with van der Waals surface area (Å²) in [5.41, 5.74) is 6.33. The highest BCUT2D eigenvalue weighted by Gasteiger charge is 2.22. The molecule has 6 nitrogen and oxygen atoms in total. The molecule has 18 heavy (non-hydrogen) atoms. The number of nitrogens with zero attached hydrogens (tertiary/aromatic N) is 2. The van der Waals surface area contributed by atoms with Crippen molar-refractivity contribution in [3.63, 3.8) is 0 Å². The topological polar surface area (TPSA) is 91.3 Å². The highest BCUT2D eigenvalue weighted by molar-refractivity contribution is 5.36. The van der Waals surface area contributed by atoms with Crippen molar-refractivity contribution in [1.29, 1.82) is 0 Å². The van der Waals surface area contributed by atoms with Crippen LogP contribution in [0.2, 0.25) is 0 Å². The fourth-order valence-electron chi connectivity index (χ4n) is 1.46. The van der Waals surface area contributed by atoms with E-state index in [1.807, 2.05) is 13.8 Å². The van der Waals surface area contributed by atoms with Crippen molar-refractivity contribution in [3.8, 4) is 5.88 Å². The first-order chi connectivity index (χ1) is 8.41. The fourth-order valence-corrected chi connectivity index (χ4v) is 1.46. The average Bonchev–Trinajstić information content (AvgIpc) is 2.36. The fraction of sp³-hybridized carbons (Fsp3) is 0.583. The third kappa shape index (κ3) is 3.40. The quantitative estimate of drug-likeness (QED) is 0.619. The predicted octanol–water partition coefficient (Wildman–Crippen LogP) is 2.19. The molecule has 0 unspecified atom stereocenters. The molecule has 1 aromatic heterocycles. The molecule has 0 fully saturated rings. The molecule has 0 aliphatic carbocycles. The molecular weight excluding hydrogens is 234 g/mol. The Kier molecular flexibility index (Phi) is 4.61. The Hall–Kier alpha value is -1.69. The van der Waals surface area contributed by atoms with Gasteiger partial charge in [0, 0.05) is 17.2 Å². The Morgan fingerprint density at radius 2 is 2.11 bits per heavy atom. The lowest BCUT2D eigenvalue weighted by Gasteiger charge is -2.26. The van der Waals surface area contributed by atoms with Gasteiger partial charge in [-0.05, 0) is 19.8 Å². The molecule has 0 bridgehead atoms. The number of aromatic nitrogens is 1. The van der Waals surface area contributed by atoms with Crippen molar-refractivity contribution in [1.82, 2.24) is 4.98 Å². The first kappa shape index (κ1) is 14.4. The molecule has 2 N–H and O–H groups in total. The number of rotatable bonds is 6. The molecule has 1 aromatic rings. The lowest BCUT2D eigenvalue weighted by molar-refractivity contribution is -0.385. The van der Waals surface area contributed by atoms with Gasteiger partial charge in [-0.25, -0.2) is 4.98 Å². The van der Waals surface area contributed by atoms with Gasteiger partial charge in [0.05, 0.1) is 4.92 Å². The molecule has 0 aliphatic rings. The SMILES string of the molecule is CCC(N)(CC)COc1ncc([N+](=O)[O-])cc1C. The second-order valence-corrected chi connectivity index (χ2v) is 4.43. The summed E-state index contributed by atoms with van der Waals surface area (Å²) < 4.78 is 5.56. The maximum atomic E-state index is 10.6. The highest BCUT2D eigenvalue weighted by atomic mass is 16.6. The smallest absolute Gasteiger partial charge is 0.288 e. The zero-order valence-corrected chi connectivity index (χ0v) is 11.0. The van der Waals surface area contributed by atoms with Crippen LogP contribution < -0.4 is 10.5 Å². The van der Waals surface area contributed by atoms with Crippen molar-refractivity contribution in [2.75, 3.05) is 6.61 Å². The average molecular weight is 253 g/mol. The van der Waals surface area contributed by atoms with E-state index in [2.05, 4.69) is 4.98 Å². The van der Waals surface area contributed by atoms with Crippen LogP contribution in [0.4, 0.5) is 5.69 Å². The van der Waals surface area contributed by atoms with Crippen LogP contribution in [-0.4, -0.2) is 22.1 Å². The van der Waals surface area contributed by atoms with Crippen LogP contribution in [0.25, 0.3) is 0 Å². The van der Waals surface area contributed by atoms with Crippen molar-refractivity contribution in [2.24, 2.45) is 5.73 Å². The minimum Gasteiger partial charge on any atom is -0.476 e. The monoisotopic (exact) mass is 253 g/mol. The number of nitrogens with two attached hydrogens (primary N) is 1. The van der Waals surface area contributed by atoms with E-state index in [1.54, 1.807) is 6.92 Å². The van der Waals surface area contributed by atoms with Crippen LogP contribution in [-0.2, 0) is 0 Å². The van der Waals surface area contributed by atoms with Crippen molar-refractivity contribution >= 4 is 5.69 Å². The van der Waals surface area contributed by atoms with E-state index in [1.165, 1.54) is 12.3 Å². The first-order valence-electron chi connectivity index (χ1n) is 5.94. The van der Waals surface area contributed by atoms with Crippen molar-refractivity contribution in [2.45, 2.75) is 39.2 Å². The van der Waals surface area contributed by atoms with Gasteiger partial charge < -0.3 is 10.5 Å². The zero-order valence-electron chi connectivity index (χ0n) is 11.0. The highest BCUT2D eigenvalue weighted by Crippen LogP contribution is 2.21. The molecule has 0 radical (unpaired) electrons. The summed E-state index contributed by atoms with van der Waals surface area (Å²) in [6.07, 6.45) is 2.80. The zero-order chi connectivity index (χ0) is 13.8. The van der Waals surface area contributed by atoms with Gasteiger partial charge in [0.2, 0.25) is 5.88 Å². The van der Waals surface area contributed by atoms with Gasteiger partial charge in [0.1, 0.15) is 12.8 Å². The van der Waals surface area contributed by atoms with Gasteiger partial charge in [-0.3, -0.25) is 10.1 Å². The Morgan fingerprint density at radius 3 is 2.56 bits per heavy atom. The van der Waals surface area contributed by atoms with Crippen LogP contribution in [0.5, 0.6) is 5.88 Å². The molecule has 0 spiro atoms. The summed E-state index contributed by atoms with van der Waals surface area (Å²) in [5, 5.41) is 10.6. The van der Waals surface area contributed by atoms with Crippen molar-refractivity contribution in [3.05, 3.63) is 27.9 Å². The van der Waals surface area contributed by atoms with Gasteiger partial charge >= 0.3 is 0 Å². The molecular formula is C12H19N3O3. The minimum absolute atomic E-state index is 0.0372. The lowest BCUT2D eigenvalue weighted by atomic mass is 9.96. The second kappa shape index (κ2) is 5.77. The summed E-state index contributed by atoms with van der Waals surface area (Å²) in [5.74, 6) is 0.400. The second-order valence-electron chi connectivity index (χ2n) is 4.43. The van der Waals surface area contributed by atoms with Gasteiger partial charge in [0.15, 0.2) is 0 Å². The molecule has 1 rings (SSSR count). The molecule has 0 atom stereocenters. The third-order valence-electron chi connectivity index (χ3n) is 3.13. The molecule has 0 saturated carbocycles. The van der Waals surface area contributed by atoms with Crippen molar-refractivity contribution < 1.29 is 9.66 Å². The van der Waals surface area contributed by atoms with E-state index in [4.69, 9.17) is 10.5 Å². The van der Waals surface area contributed by atoms with E-state index in [0.29, 0.717) is 18.1 Å². The van der Waals surface area contributed by atoms with E-state index in [9.17, 15) is 10.1 Å². The van der Waals surface area contributed by atoms with E-state index >= 15 is 0 Å². The number of ether oxygens (including phenoxy) is 1. The Bertz CT molecular complexity index is 431. The van der Waals surface area contributed by atoms with Gasteiger partial charge in [-0.2, -0.15) is 0 Å². The molecule has 6 heteroatoms. The van der Waals surface area contributed by atoms with Crippen LogP contribution in [0.3, 0.4) is 0 Å². The number of hydrogen-bond donors (Lipinski definition) is 1. The summed E-state index contributed by atoms with van der Waals surface area (Å²) in [6, 6.07) is 1.44. The maximum absolute atomic E-state index is 10.6. The number of nitro groups is 1. The van der Waals surface area contributed by atoms with Crippen LogP contribution in [0.1, 0.15) is 32.3 Å². The first-order valence-corrected chi connectivity index (χ1v) is 5.94. The molecule has 0 aromatic carbocycles. The van der Waals surface area contributed by atoms with Crippen LogP contribution in [0.15, 0.2) is 12.3 Å². The van der Waals surface area contributed by atoms with Gasteiger partial charge in [-0.15, -0.1) is 0 Å². The van der Waals surface area contributed by atoms with Gasteiger partial charge in [0.25, 0.3) is 5.69 Å². The summed E-state index contributed by atoms with van der Waals surface area (Å²) in [7, 11) is 0.